The topological polar surface area (TPSA) is 53.2 Å². The molecule has 1 saturated carbocycles. The lowest BCUT2D eigenvalue weighted by atomic mass is 9.84. The summed E-state index contributed by atoms with van der Waals surface area (Å²) in [7, 11) is 0. The van der Waals surface area contributed by atoms with Crippen LogP contribution in [0.15, 0.2) is 24.3 Å². The van der Waals surface area contributed by atoms with Gasteiger partial charge in [0.15, 0.2) is 0 Å². The molecule has 1 aliphatic heterocycles. The van der Waals surface area contributed by atoms with Crippen LogP contribution in [0.2, 0.25) is 5.02 Å². The smallest absolute Gasteiger partial charge is 0.247 e. The van der Waals surface area contributed by atoms with E-state index in [1.807, 2.05) is 19.1 Å². The first-order valence-electron chi connectivity index (χ1n) is 7.65. The molecule has 118 valence electrons. The summed E-state index contributed by atoms with van der Waals surface area (Å²) in [4.78, 5) is 13.0. The fourth-order valence-corrected chi connectivity index (χ4v) is 3.58. The Morgan fingerprint density at radius 1 is 1.27 bits per heavy atom. The minimum Gasteiger partial charge on any atom is -0.350 e. The van der Waals surface area contributed by atoms with E-state index in [1.165, 1.54) is 12.8 Å². The number of hydrogen-bond acceptors (Lipinski definition) is 3. The van der Waals surface area contributed by atoms with Gasteiger partial charge in [-0.3, -0.25) is 10.1 Å². The van der Waals surface area contributed by atoms with Gasteiger partial charge in [0.25, 0.3) is 0 Å². The van der Waals surface area contributed by atoms with Gasteiger partial charge in [-0.05, 0) is 44.0 Å². The van der Waals surface area contributed by atoms with Gasteiger partial charge >= 0.3 is 0 Å². The Morgan fingerprint density at radius 3 is 2.59 bits per heavy atom. The molecule has 6 heteroatoms. The molecule has 3 N–H and O–H groups in total. The van der Waals surface area contributed by atoms with E-state index >= 15 is 0 Å². The summed E-state index contributed by atoms with van der Waals surface area (Å²) in [5.74, 6) is -0.0536. The Bertz CT molecular complexity index is 592. The summed E-state index contributed by atoms with van der Waals surface area (Å²) >= 11 is 11.4. The standard InChI is InChI=1S/C16H20ClN3OS/c1-16(15(22)18-11-8-6-10(17)7-9-11)14(21)19-12-4-2-3-5-13(12)20-16/h6-9,12-13,20H,2-5H2,1H3,(H,18,22)(H,19,21)/t12-,13-,16-/m1/s1. The van der Waals surface area contributed by atoms with Crippen LogP contribution in [0.25, 0.3) is 0 Å². The van der Waals surface area contributed by atoms with Crippen LogP contribution in [0.1, 0.15) is 32.6 Å². The second kappa shape index (κ2) is 6.14. The molecule has 2 fully saturated rings. The molecule has 1 heterocycles. The Labute approximate surface area is 141 Å². The number of rotatable bonds is 2. The van der Waals surface area contributed by atoms with Gasteiger partial charge in [-0.2, -0.15) is 0 Å². The first-order valence-corrected chi connectivity index (χ1v) is 8.43. The zero-order valence-electron chi connectivity index (χ0n) is 12.5. The maximum Gasteiger partial charge on any atom is 0.247 e. The van der Waals surface area contributed by atoms with E-state index in [9.17, 15) is 4.79 Å². The molecule has 1 aromatic rings. The Balaban J connectivity index is 1.74. The molecule has 3 atom stereocenters. The molecule has 0 spiro atoms. The summed E-state index contributed by atoms with van der Waals surface area (Å²) < 4.78 is 0. The van der Waals surface area contributed by atoms with Crippen LogP contribution in [-0.4, -0.2) is 28.5 Å². The third-order valence-corrected chi connectivity index (χ3v) is 5.33. The van der Waals surface area contributed by atoms with Gasteiger partial charge in [-0.1, -0.05) is 36.7 Å². The second-order valence-electron chi connectivity index (χ2n) is 6.20. The number of piperazine rings is 1. The first kappa shape index (κ1) is 15.7. The minimum absolute atomic E-state index is 0.0536. The minimum atomic E-state index is -0.881. The van der Waals surface area contributed by atoms with E-state index in [0.717, 1.165) is 18.5 Å². The zero-order valence-corrected chi connectivity index (χ0v) is 14.1. The maximum atomic E-state index is 12.5. The summed E-state index contributed by atoms with van der Waals surface area (Å²) in [6.07, 6.45) is 4.48. The highest BCUT2D eigenvalue weighted by Crippen LogP contribution is 2.26. The summed E-state index contributed by atoms with van der Waals surface area (Å²) in [5.41, 5.74) is -0.0518. The molecule has 3 rings (SSSR count). The van der Waals surface area contributed by atoms with Gasteiger partial charge in [0.05, 0.1) is 0 Å². The molecule has 22 heavy (non-hydrogen) atoms. The van der Waals surface area contributed by atoms with E-state index in [4.69, 9.17) is 23.8 Å². The molecule has 0 bridgehead atoms. The van der Waals surface area contributed by atoms with E-state index in [-0.39, 0.29) is 11.9 Å². The molecular formula is C16H20ClN3OS. The number of hydrogen-bond donors (Lipinski definition) is 3. The van der Waals surface area contributed by atoms with Crippen LogP contribution in [0.3, 0.4) is 0 Å². The van der Waals surface area contributed by atoms with Gasteiger partial charge < -0.3 is 10.6 Å². The lowest BCUT2D eigenvalue weighted by Crippen LogP contribution is -2.73. The predicted molar refractivity (Wildman–Crippen MR) is 93.4 cm³/mol. The van der Waals surface area contributed by atoms with Crippen LogP contribution in [0.5, 0.6) is 0 Å². The van der Waals surface area contributed by atoms with Crippen molar-refractivity contribution >= 4 is 40.4 Å². The number of amides is 1. The van der Waals surface area contributed by atoms with Crippen LogP contribution >= 0.6 is 23.8 Å². The molecule has 1 aromatic carbocycles. The molecule has 2 aliphatic rings. The van der Waals surface area contributed by atoms with Gasteiger partial charge in [0.2, 0.25) is 5.91 Å². The third kappa shape index (κ3) is 2.98. The summed E-state index contributed by atoms with van der Waals surface area (Å²) in [5, 5.41) is 10.4. The molecule has 0 radical (unpaired) electrons. The number of benzene rings is 1. The first-order chi connectivity index (χ1) is 10.5. The highest BCUT2D eigenvalue weighted by atomic mass is 35.5. The van der Waals surface area contributed by atoms with Crippen molar-refractivity contribution in [1.82, 2.24) is 10.6 Å². The number of carbonyl (C=O) groups is 1. The number of carbonyl (C=O) groups excluding carboxylic acids is 1. The van der Waals surface area contributed by atoms with Crippen molar-refractivity contribution in [1.29, 1.82) is 0 Å². The highest BCUT2D eigenvalue weighted by molar-refractivity contribution is 7.80. The molecule has 1 aliphatic carbocycles. The number of fused-ring (bicyclic) bond motifs is 1. The quantitative estimate of drug-likeness (QED) is 0.726. The highest BCUT2D eigenvalue weighted by Gasteiger charge is 2.46. The van der Waals surface area contributed by atoms with Crippen molar-refractivity contribution in [3.63, 3.8) is 0 Å². The summed E-state index contributed by atoms with van der Waals surface area (Å²) in [6, 6.07) is 7.81. The van der Waals surface area contributed by atoms with Gasteiger partial charge in [0, 0.05) is 22.8 Å². The molecule has 0 unspecified atom stereocenters. The number of halogens is 1. The fraction of sp³-hybridized carbons (Fsp3) is 0.500. The normalized spacial score (nSPS) is 31.1. The van der Waals surface area contributed by atoms with Crippen LogP contribution in [0.4, 0.5) is 5.69 Å². The fourth-order valence-electron chi connectivity index (χ4n) is 3.18. The van der Waals surface area contributed by atoms with Crippen LogP contribution < -0.4 is 16.0 Å². The molecule has 1 saturated heterocycles. The van der Waals surface area contributed by atoms with E-state index in [2.05, 4.69) is 16.0 Å². The summed E-state index contributed by atoms with van der Waals surface area (Å²) in [6.45, 7) is 1.85. The maximum absolute atomic E-state index is 12.5. The zero-order chi connectivity index (χ0) is 15.7. The SMILES string of the molecule is C[C@@]1(C(=S)Nc2ccc(Cl)cc2)N[C@@H]2CCCC[C@H]2NC1=O. The van der Waals surface area contributed by atoms with Crippen molar-refractivity contribution in [2.75, 3.05) is 5.32 Å². The van der Waals surface area contributed by atoms with Crippen molar-refractivity contribution in [2.24, 2.45) is 0 Å². The van der Waals surface area contributed by atoms with E-state index < -0.39 is 5.54 Å². The Hall–Kier alpha value is -1.17. The van der Waals surface area contributed by atoms with Gasteiger partial charge in [-0.25, -0.2) is 0 Å². The largest absolute Gasteiger partial charge is 0.350 e. The number of anilines is 1. The van der Waals surface area contributed by atoms with E-state index in [1.54, 1.807) is 12.1 Å². The third-order valence-electron chi connectivity index (χ3n) is 4.57. The van der Waals surface area contributed by atoms with Gasteiger partial charge in [-0.15, -0.1) is 0 Å². The molecular weight excluding hydrogens is 318 g/mol. The van der Waals surface area contributed by atoms with Crippen LogP contribution in [-0.2, 0) is 4.79 Å². The Kier molecular flexibility index (Phi) is 4.39. The Morgan fingerprint density at radius 2 is 1.91 bits per heavy atom. The lowest BCUT2D eigenvalue weighted by Gasteiger charge is -2.45. The van der Waals surface area contributed by atoms with Crippen molar-refractivity contribution < 1.29 is 4.79 Å². The second-order valence-corrected chi connectivity index (χ2v) is 7.05. The predicted octanol–water partition coefficient (Wildman–Crippen LogP) is 2.87. The van der Waals surface area contributed by atoms with Gasteiger partial charge in [0.1, 0.15) is 10.5 Å². The monoisotopic (exact) mass is 337 g/mol. The molecule has 0 aromatic heterocycles. The average molecular weight is 338 g/mol. The van der Waals surface area contributed by atoms with E-state index in [0.29, 0.717) is 16.1 Å². The molecule has 4 nitrogen and oxygen atoms in total. The number of nitrogens with one attached hydrogen (secondary N) is 3. The van der Waals surface area contributed by atoms with Crippen molar-refractivity contribution in [3.05, 3.63) is 29.3 Å². The lowest BCUT2D eigenvalue weighted by molar-refractivity contribution is -0.128. The van der Waals surface area contributed by atoms with Crippen molar-refractivity contribution in [3.8, 4) is 0 Å². The van der Waals surface area contributed by atoms with Crippen molar-refractivity contribution in [2.45, 2.75) is 50.2 Å². The molecule has 1 amide bonds. The number of thiocarbonyl (C=S) groups is 1. The van der Waals surface area contributed by atoms with Crippen LogP contribution in [0, 0.1) is 0 Å². The average Bonchev–Trinajstić information content (AvgIpc) is 2.50.